The summed E-state index contributed by atoms with van der Waals surface area (Å²) in [4.78, 5) is 0. The summed E-state index contributed by atoms with van der Waals surface area (Å²) in [5.74, 6) is 0.831. The smallest absolute Gasteiger partial charge is 0.144 e. The molecule has 140 valence electrons. The third-order valence-electron chi connectivity index (χ3n) is 6.44. The fourth-order valence-electron chi connectivity index (χ4n) is 4.71. The summed E-state index contributed by atoms with van der Waals surface area (Å²) in [5, 5.41) is 6.71. The Hall–Kier alpha value is -2.55. The van der Waals surface area contributed by atoms with Crippen molar-refractivity contribution in [2.75, 3.05) is 19.2 Å². The lowest BCUT2D eigenvalue weighted by molar-refractivity contribution is 0.415. The first-order valence-electron chi connectivity index (χ1n) is 9.70. The standard InChI is InChI=1S/C24H28N2O/c1-6-24-15-19(24)20(23(2,3)17-11-7-8-12-18(17)24)16-25-26(4)21-13-9-10-14-22(21)27-5/h7-14,16H,6,15H2,1-5H3/b25-16+. The molecule has 1 atom stereocenters. The molecule has 0 spiro atoms. The number of benzene rings is 2. The van der Waals surface area contributed by atoms with E-state index in [1.165, 1.54) is 16.7 Å². The van der Waals surface area contributed by atoms with Crippen molar-refractivity contribution in [2.45, 2.75) is 44.4 Å². The van der Waals surface area contributed by atoms with Crippen LogP contribution in [0.5, 0.6) is 5.75 Å². The van der Waals surface area contributed by atoms with E-state index in [9.17, 15) is 0 Å². The van der Waals surface area contributed by atoms with E-state index in [-0.39, 0.29) is 10.8 Å². The third-order valence-corrected chi connectivity index (χ3v) is 6.44. The van der Waals surface area contributed by atoms with Crippen molar-refractivity contribution in [1.82, 2.24) is 0 Å². The van der Waals surface area contributed by atoms with Crippen LogP contribution in [-0.4, -0.2) is 20.4 Å². The number of hydrogen-bond acceptors (Lipinski definition) is 3. The molecule has 27 heavy (non-hydrogen) atoms. The van der Waals surface area contributed by atoms with Crippen LogP contribution in [0.2, 0.25) is 0 Å². The number of nitrogens with zero attached hydrogens (tertiary/aromatic N) is 2. The van der Waals surface area contributed by atoms with Crippen molar-refractivity contribution < 1.29 is 4.74 Å². The molecule has 3 nitrogen and oxygen atoms in total. The Labute approximate surface area is 162 Å². The first kappa shape index (κ1) is 17.8. The van der Waals surface area contributed by atoms with Gasteiger partial charge < -0.3 is 4.74 Å². The van der Waals surface area contributed by atoms with Crippen LogP contribution in [0.3, 0.4) is 0 Å². The fourth-order valence-corrected chi connectivity index (χ4v) is 4.71. The summed E-state index contributed by atoms with van der Waals surface area (Å²) in [6.07, 6.45) is 4.38. The maximum atomic E-state index is 5.48. The van der Waals surface area contributed by atoms with Gasteiger partial charge in [0.2, 0.25) is 0 Å². The highest BCUT2D eigenvalue weighted by atomic mass is 16.5. The Bertz CT molecular complexity index is 941. The van der Waals surface area contributed by atoms with Gasteiger partial charge in [0.05, 0.1) is 13.3 Å². The molecule has 0 aromatic heterocycles. The Morgan fingerprint density at radius 2 is 1.74 bits per heavy atom. The molecule has 0 heterocycles. The highest BCUT2D eigenvalue weighted by molar-refractivity contribution is 5.89. The van der Waals surface area contributed by atoms with Crippen LogP contribution in [0.4, 0.5) is 5.69 Å². The quantitative estimate of drug-likeness (QED) is 0.523. The molecule has 1 unspecified atom stereocenters. The van der Waals surface area contributed by atoms with Crippen molar-refractivity contribution in [2.24, 2.45) is 5.10 Å². The van der Waals surface area contributed by atoms with Gasteiger partial charge in [0.15, 0.2) is 0 Å². The van der Waals surface area contributed by atoms with Gasteiger partial charge in [-0.05, 0) is 41.7 Å². The van der Waals surface area contributed by atoms with Crippen LogP contribution < -0.4 is 9.75 Å². The molecule has 0 amide bonds. The second-order valence-electron chi connectivity index (χ2n) is 8.12. The summed E-state index contributed by atoms with van der Waals surface area (Å²) in [6, 6.07) is 16.9. The predicted molar refractivity (Wildman–Crippen MR) is 113 cm³/mol. The zero-order valence-corrected chi connectivity index (χ0v) is 16.9. The lowest BCUT2D eigenvalue weighted by atomic mass is 9.68. The van der Waals surface area contributed by atoms with Crippen LogP contribution in [0.15, 0.2) is 64.8 Å². The molecule has 0 bridgehead atoms. The molecular weight excluding hydrogens is 332 g/mol. The minimum Gasteiger partial charge on any atom is -0.495 e. The second kappa shape index (κ2) is 6.26. The maximum Gasteiger partial charge on any atom is 0.144 e. The van der Waals surface area contributed by atoms with Gasteiger partial charge in [-0.1, -0.05) is 62.7 Å². The van der Waals surface area contributed by atoms with Gasteiger partial charge in [-0.15, -0.1) is 0 Å². The number of fused-ring (bicyclic) bond motifs is 3. The largest absolute Gasteiger partial charge is 0.495 e. The topological polar surface area (TPSA) is 24.8 Å². The first-order chi connectivity index (χ1) is 13.0. The average molecular weight is 361 g/mol. The third kappa shape index (κ3) is 2.60. The number of hydrazone groups is 1. The first-order valence-corrected chi connectivity index (χ1v) is 9.70. The van der Waals surface area contributed by atoms with Gasteiger partial charge >= 0.3 is 0 Å². The Morgan fingerprint density at radius 3 is 2.44 bits per heavy atom. The minimum atomic E-state index is -0.0355. The van der Waals surface area contributed by atoms with Crippen molar-refractivity contribution in [3.8, 4) is 5.75 Å². The van der Waals surface area contributed by atoms with Gasteiger partial charge in [0, 0.05) is 17.9 Å². The van der Waals surface area contributed by atoms with Crippen LogP contribution in [0.1, 0.15) is 44.7 Å². The molecule has 2 aromatic rings. The number of ether oxygens (including phenoxy) is 1. The average Bonchev–Trinajstić information content (AvgIpc) is 3.43. The van der Waals surface area contributed by atoms with E-state index in [4.69, 9.17) is 9.84 Å². The van der Waals surface area contributed by atoms with Gasteiger partial charge in [-0.25, -0.2) is 0 Å². The molecule has 0 radical (unpaired) electrons. The summed E-state index contributed by atoms with van der Waals surface area (Å²) in [5.41, 5.74) is 7.05. The lowest BCUT2D eigenvalue weighted by Gasteiger charge is -2.36. The van der Waals surface area contributed by atoms with Crippen molar-refractivity contribution in [3.05, 3.63) is 70.8 Å². The summed E-state index contributed by atoms with van der Waals surface area (Å²) >= 11 is 0. The van der Waals surface area contributed by atoms with E-state index >= 15 is 0 Å². The molecule has 3 heteroatoms. The Kier molecular flexibility index (Phi) is 4.14. The highest BCUT2D eigenvalue weighted by Crippen LogP contribution is 2.64. The van der Waals surface area contributed by atoms with E-state index in [1.807, 2.05) is 36.3 Å². The number of para-hydroxylation sites is 2. The fraction of sp³-hybridized carbons (Fsp3) is 0.375. The van der Waals surface area contributed by atoms with Crippen LogP contribution in [-0.2, 0) is 10.8 Å². The van der Waals surface area contributed by atoms with Crippen LogP contribution in [0, 0.1) is 0 Å². The predicted octanol–water partition coefficient (Wildman–Crippen LogP) is 5.46. The van der Waals surface area contributed by atoms with Crippen molar-refractivity contribution >= 4 is 11.9 Å². The molecular formula is C24H28N2O. The van der Waals surface area contributed by atoms with Crippen molar-refractivity contribution in [3.63, 3.8) is 0 Å². The second-order valence-corrected chi connectivity index (χ2v) is 8.12. The highest BCUT2D eigenvalue weighted by Gasteiger charge is 2.56. The summed E-state index contributed by atoms with van der Waals surface area (Å²) in [6.45, 7) is 6.94. The Balaban J connectivity index is 1.73. The van der Waals surface area contributed by atoms with Crippen molar-refractivity contribution in [1.29, 1.82) is 0 Å². The molecule has 2 aromatic carbocycles. The molecule has 0 aliphatic heterocycles. The minimum absolute atomic E-state index is 0.0355. The number of anilines is 1. The van der Waals surface area contributed by atoms with Gasteiger partial charge in [0.1, 0.15) is 11.4 Å². The van der Waals surface area contributed by atoms with Gasteiger partial charge in [-0.2, -0.15) is 5.10 Å². The van der Waals surface area contributed by atoms with E-state index in [0.717, 1.165) is 24.3 Å². The van der Waals surface area contributed by atoms with Gasteiger partial charge in [-0.3, -0.25) is 5.01 Å². The lowest BCUT2D eigenvalue weighted by Crippen LogP contribution is -2.30. The molecule has 0 saturated heterocycles. The van der Waals surface area contributed by atoms with Crippen LogP contribution >= 0.6 is 0 Å². The zero-order chi connectivity index (χ0) is 19.2. The van der Waals surface area contributed by atoms with E-state index in [0.29, 0.717) is 0 Å². The zero-order valence-electron chi connectivity index (χ0n) is 16.9. The number of hydrogen-bond donors (Lipinski definition) is 0. The molecule has 4 rings (SSSR count). The normalized spacial score (nSPS) is 22.4. The maximum absolute atomic E-state index is 5.48. The van der Waals surface area contributed by atoms with Crippen LogP contribution in [0.25, 0.3) is 0 Å². The number of methoxy groups -OCH3 is 1. The summed E-state index contributed by atoms with van der Waals surface area (Å²) < 4.78 is 5.48. The summed E-state index contributed by atoms with van der Waals surface area (Å²) in [7, 11) is 3.67. The monoisotopic (exact) mass is 360 g/mol. The van der Waals surface area contributed by atoms with E-state index in [1.54, 1.807) is 12.7 Å². The molecule has 1 fully saturated rings. The Morgan fingerprint density at radius 1 is 1.07 bits per heavy atom. The molecule has 2 aliphatic carbocycles. The molecule has 2 aliphatic rings. The van der Waals surface area contributed by atoms with Gasteiger partial charge in [0.25, 0.3) is 0 Å². The van der Waals surface area contributed by atoms with E-state index in [2.05, 4.69) is 51.3 Å². The SMILES string of the molecule is CCC12CC1=C(/C=N/N(C)c1ccccc1OC)C(C)(C)c1ccccc12. The molecule has 1 saturated carbocycles. The molecule has 0 N–H and O–H groups in total. The number of rotatable bonds is 5. The number of allylic oxidation sites excluding steroid dienone is 2. The van der Waals surface area contributed by atoms with E-state index < -0.39 is 0 Å².